The molecule has 1 atom stereocenters. The fraction of sp³-hybridized carbons (Fsp3) is 0.312. The van der Waals surface area contributed by atoms with Crippen LogP contribution in [0.5, 0.6) is 0 Å². The van der Waals surface area contributed by atoms with Crippen molar-refractivity contribution < 1.29 is 24.0 Å². The molecular weight excluding hydrogens is 328 g/mol. The zero-order valence-electron chi connectivity index (χ0n) is 13.2. The molecule has 3 rings (SSSR count). The minimum atomic E-state index is -1.01. The first-order chi connectivity index (χ1) is 11.9. The molecule has 25 heavy (non-hydrogen) atoms. The van der Waals surface area contributed by atoms with Gasteiger partial charge in [0.15, 0.2) is 0 Å². The molecule has 0 bridgehead atoms. The number of nitrogens with two attached hydrogens (primary N) is 1. The average Bonchev–Trinajstić information content (AvgIpc) is 2.79. The van der Waals surface area contributed by atoms with Crippen molar-refractivity contribution in [2.75, 3.05) is 11.9 Å². The summed E-state index contributed by atoms with van der Waals surface area (Å²) in [5.74, 6) is -2.61. The van der Waals surface area contributed by atoms with E-state index >= 15 is 0 Å². The number of carbonyl (C=O) groups excluding carboxylic acids is 5. The Morgan fingerprint density at radius 2 is 1.92 bits per heavy atom. The predicted octanol–water partition coefficient (Wildman–Crippen LogP) is -0.625. The van der Waals surface area contributed by atoms with Gasteiger partial charge in [0, 0.05) is 25.1 Å². The summed E-state index contributed by atoms with van der Waals surface area (Å²) in [6, 6.07) is 3.32. The van der Waals surface area contributed by atoms with E-state index in [0.717, 1.165) is 4.90 Å². The molecule has 5 amide bonds. The second kappa shape index (κ2) is 6.44. The highest BCUT2D eigenvalue weighted by molar-refractivity contribution is 6.23. The van der Waals surface area contributed by atoms with E-state index in [0.29, 0.717) is 5.69 Å². The Morgan fingerprint density at radius 1 is 1.20 bits per heavy atom. The number of nitrogens with zero attached hydrogens (tertiary/aromatic N) is 1. The standard InChI is InChI=1S/C16H16N4O5/c17-6-5-13(22)18-8-1-2-9-10(7-8)16(25)20(15(9)24)11-3-4-12(21)19-14(11)23/h1-2,7,11H,3-6,17H2,(H,18,22)(H,19,21,23). The Kier molecular flexibility index (Phi) is 4.32. The van der Waals surface area contributed by atoms with Crippen LogP contribution in [0.25, 0.3) is 0 Å². The number of imide groups is 2. The lowest BCUT2D eigenvalue weighted by atomic mass is 10.0. The smallest absolute Gasteiger partial charge is 0.262 e. The Morgan fingerprint density at radius 3 is 2.60 bits per heavy atom. The van der Waals surface area contributed by atoms with E-state index in [-0.39, 0.29) is 42.8 Å². The van der Waals surface area contributed by atoms with Crippen LogP contribution in [-0.2, 0) is 14.4 Å². The molecule has 1 saturated heterocycles. The molecule has 2 aliphatic heterocycles. The number of amides is 5. The van der Waals surface area contributed by atoms with Gasteiger partial charge in [-0.3, -0.25) is 34.2 Å². The maximum absolute atomic E-state index is 12.6. The molecule has 2 aliphatic rings. The number of piperidine rings is 1. The third-order valence-corrected chi connectivity index (χ3v) is 4.09. The molecule has 0 aliphatic carbocycles. The fourth-order valence-corrected chi connectivity index (χ4v) is 2.90. The number of hydrogen-bond donors (Lipinski definition) is 3. The van der Waals surface area contributed by atoms with Crippen molar-refractivity contribution in [2.24, 2.45) is 5.73 Å². The normalized spacial score (nSPS) is 19.7. The molecule has 4 N–H and O–H groups in total. The van der Waals surface area contributed by atoms with E-state index in [1.54, 1.807) is 0 Å². The van der Waals surface area contributed by atoms with Gasteiger partial charge in [0.1, 0.15) is 6.04 Å². The summed E-state index contributed by atoms with van der Waals surface area (Å²) in [6.07, 6.45) is 0.285. The zero-order chi connectivity index (χ0) is 18.1. The van der Waals surface area contributed by atoms with Gasteiger partial charge in [0.2, 0.25) is 17.7 Å². The van der Waals surface area contributed by atoms with Crippen LogP contribution in [0.15, 0.2) is 18.2 Å². The van der Waals surface area contributed by atoms with Crippen LogP contribution in [0.4, 0.5) is 5.69 Å². The number of fused-ring (bicyclic) bond motifs is 1. The predicted molar refractivity (Wildman–Crippen MR) is 85.4 cm³/mol. The lowest BCUT2D eigenvalue weighted by Gasteiger charge is -2.27. The number of benzene rings is 1. The molecule has 0 saturated carbocycles. The first kappa shape index (κ1) is 16.8. The molecule has 1 aromatic carbocycles. The molecule has 0 aromatic heterocycles. The first-order valence-corrected chi connectivity index (χ1v) is 7.78. The van der Waals surface area contributed by atoms with Crippen LogP contribution >= 0.6 is 0 Å². The van der Waals surface area contributed by atoms with Gasteiger partial charge in [-0.2, -0.15) is 0 Å². The second-order valence-corrected chi connectivity index (χ2v) is 5.79. The SMILES string of the molecule is NCCC(=O)Nc1ccc2c(c1)C(=O)N(C1CCC(=O)NC1=O)C2=O. The number of hydrogen-bond acceptors (Lipinski definition) is 6. The third kappa shape index (κ3) is 3.01. The number of rotatable bonds is 4. The van der Waals surface area contributed by atoms with Crippen molar-refractivity contribution in [3.05, 3.63) is 29.3 Å². The largest absolute Gasteiger partial charge is 0.330 e. The van der Waals surface area contributed by atoms with Crippen molar-refractivity contribution >= 4 is 35.2 Å². The van der Waals surface area contributed by atoms with Crippen LogP contribution < -0.4 is 16.4 Å². The van der Waals surface area contributed by atoms with E-state index in [4.69, 9.17) is 5.73 Å². The number of nitrogens with one attached hydrogen (secondary N) is 2. The van der Waals surface area contributed by atoms with Crippen LogP contribution in [0, 0.1) is 0 Å². The third-order valence-electron chi connectivity index (χ3n) is 4.09. The molecule has 2 heterocycles. The van der Waals surface area contributed by atoms with Crippen molar-refractivity contribution in [1.29, 1.82) is 0 Å². The summed E-state index contributed by atoms with van der Waals surface area (Å²) >= 11 is 0. The van der Waals surface area contributed by atoms with E-state index in [9.17, 15) is 24.0 Å². The van der Waals surface area contributed by atoms with Crippen molar-refractivity contribution in [1.82, 2.24) is 10.2 Å². The van der Waals surface area contributed by atoms with Crippen molar-refractivity contribution in [3.8, 4) is 0 Å². The second-order valence-electron chi connectivity index (χ2n) is 5.79. The van der Waals surface area contributed by atoms with Gasteiger partial charge >= 0.3 is 0 Å². The molecule has 0 radical (unpaired) electrons. The van der Waals surface area contributed by atoms with Crippen LogP contribution in [0.2, 0.25) is 0 Å². The van der Waals surface area contributed by atoms with Gasteiger partial charge < -0.3 is 11.1 Å². The number of anilines is 1. The Hall–Kier alpha value is -3.07. The summed E-state index contributed by atoms with van der Waals surface area (Å²) in [5.41, 5.74) is 5.94. The summed E-state index contributed by atoms with van der Waals surface area (Å²) in [5, 5.41) is 4.72. The minimum absolute atomic E-state index is 0.0597. The van der Waals surface area contributed by atoms with E-state index in [2.05, 4.69) is 10.6 Å². The summed E-state index contributed by atoms with van der Waals surface area (Å²) in [7, 11) is 0. The van der Waals surface area contributed by atoms with Gasteiger partial charge in [-0.05, 0) is 24.6 Å². The minimum Gasteiger partial charge on any atom is -0.330 e. The Labute approximate surface area is 142 Å². The fourth-order valence-electron chi connectivity index (χ4n) is 2.90. The molecule has 1 fully saturated rings. The molecule has 1 aromatic rings. The van der Waals surface area contributed by atoms with Crippen LogP contribution in [0.3, 0.4) is 0 Å². The number of carbonyl (C=O) groups is 5. The van der Waals surface area contributed by atoms with E-state index < -0.39 is 29.7 Å². The Balaban J connectivity index is 1.85. The Bertz CT molecular complexity index is 804. The van der Waals surface area contributed by atoms with Gasteiger partial charge in [-0.15, -0.1) is 0 Å². The lowest BCUT2D eigenvalue weighted by molar-refractivity contribution is -0.136. The molecule has 0 spiro atoms. The highest BCUT2D eigenvalue weighted by atomic mass is 16.2. The highest BCUT2D eigenvalue weighted by Gasteiger charge is 2.44. The molecule has 1 unspecified atom stereocenters. The van der Waals surface area contributed by atoms with Crippen molar-refractivity contribution in [3.63, 3.8) is 0 Å². The van der Waals surface area contributed by atoms with Crippen LogP contribution in [0.1, 0.15) is 40.0 Å². The monoisotopic (exact) mass is 344 g/mol. The lowest BCUT2D eigenvalue weighted by Crippen LogP contribution is -2.54. The highest BCUT2D eigenvalue weighted by Crippen LogP contribution is 2.29. The summed E-state index contributed by atoms with van der Waals surface area (Å²) in [4.78, 5) is 60.8. The van der Waals surface area contributed by atoms with E-state index in [1.165, 1.54) is 18.2 Å². The maximum Gasteiger partial charge on any atom is 0.262 e. The zero-order valence-corrected chi connectivity index (χ0v) is 13.2. The molecule has 9 heteroatoms. The molecular formula is C16H16N4O5. The van der Waals surface area contributed by atoms with Gasteiger partial charge in [-0.1, -0.05) is 0 Å². The molecule has 9 nitrogen and oxygen atoms in total. The van der Waals surface area contributed by atoms with Gasteiger partial charge in [0.05, 0.1) is 11.1 Å². The average molecular weight is 344 g/mol. The van der Waals surface area contributed by atoms with Gasteiger partial charge in [-0.25, -0.2) is 0 Å². The molecule has 130 valence electrons. The summed E-state index contributed by atoms with van der Waals surface area (Å²) < 4.78 is 0. The van der Waals surface area contributed by atoms with Gasteiger partial charge in [0.25, 0.3) is 11.8 Å². The topological polar surface area (TPSA) is 139 Å². The first-order valence-electron chi connectivity index (χ1n) is 7.78. The van der Waals surface area contributed by atoms with Crippen molar-refractivity contribution in [2.45, 2.75) is 25.3 Å². The van der Waals surface area contributed by atoms with Crippen LogP contribution in [-0.4, -0.2) is 47.0 Å². The quantitative estimate of drug-likeness (QED) is 0.622. The summed E-state index contributed by atoms with van der Waals surface area (Å²) in [6.45, 7) is 0.192. The van der Waals surface area contributed by atoms with E-state index in [1.807, 2.05) is 0 Å². The maximum atomic E-state index is 12.6.